The number of aromatic nitrogens is 2. The lowest BCUT2D eigenvalue weighted by atomic mass is 9.91. The highest BCUT2D eigenvalue weighted by Gasteiger charge is 2.51. The zero-order chi connectivity index (χ0) is 18.5. The number of anilines is 1. The molecule has 3 aliphatic heterocycles. The summed E-state index contributed by atoms with van der Waals surface area (Å²) in [6.07, 6.45) is 2.52. The number of hydrogen-bond acceptors (Lipinski definition) is 5. The van der Waals surface area contributed by atoms with E-state index >= 15 is 0 Å². The first-order chi connectivity index (χ1) is 12.3. The molecule has 0 aliphatic carbocycles. The van der Waals surface area contributed by atoms with Gasteiger partial charge in [0.15, 0.2) is 0 Å². The molecule has 6 nitrogen and oxygen atoms in total. The monoisotopic (exact) mass is 372 g/mol. The summed E-state index contributed by atoms with van der Waals surface area (Å²) < 4.78 is 27.6. The van der Waals surface area contributed by atoms with Crippen LogP contribution in [0, 0.1) is 20.8 Å². The van der Waals surface area contributed by atoms with E-state index in [2.05, 4.69) is 14.9 Å². The lowest BCUT2D eigenvalue weighted by molar-refractivity contribution is 0.0872. The van der Waals surface area contributed by atoms with Gasteiger partial charge in [0.1, 0.15) is 12.1 Å². The first kappa shape index (κ1) is 17.4. The van der Waals surface area contributed by atoms with Crippen molar-refractivity contribution in [1.29, 1.82) is 0 Å². The van der Waals surface area contributed by atoms with Crippen molar-refractivity contribution >= 4 is 15.8 Å². The lowest BCUT2D eigenvalue weighted by Crippen LogP contribution is -2.70. The molecule has 0 N–H and O–H groups in total. The van der Waals surface area contributed by atoms with Gasteiger partial charge in [-0.15, -0.1) is 0 Å². The molecule has 2 bridgehead atoms. The minimum Gasteiger partial charge on any atom is -0.353 e. The number of piperidine rings is 1. The van der Waals surface area contributed by atoms with Gasteiger partial charge in [0.2, 0.25) is 10.0 Å². The summed E-state index contributed by atoms with van der Waals surface area (Å²) in [6.45, 7) is 7.39. The second-order valence-electron chi connectivity index (χ2n) is 7.43. The third kappa shape index (κ3) is 2.99. The van der Waals surface area contributed by atoms with Gasteiger partial charge in [-0.2, -0.15) is 4.31 Å². The van der Waals surface area contributed by atoms with Crippen LogP contribution in [-0.2, 0) is 15.8 Å². The second kappa shape index (κ2) is 6.32. The number of nitrogens with zero attached hydrogens (tertiary/aromatic N) is 4. The highest BCUT2D eigenvalue weighted by atomic mass is 32.2. The molecule has 5 rings (SSSR count). The van der Waals surface area contributed by atoms with Crippen LogP contribution in [0.1, 0.15) is 28.8 Å². The van der Waals surface area contributed by atoms with Crippen LogP contribution < -0.4 is 4.90 Å². The zero-order valence-corrected chi connectivity index (χ0v) is 16.2. The number of hydrogen-bond donors (Lipinski definition) is 0. The van der Waals surface area contributed by atoms with Gasteiger partial charge in [0.25, 0.3) is 0 Å². The Morgan fingerprint density at radius 2 is 1.69 bits per heavy atom. The Hall–Kier alpha value is -1.99. The average molecular weight is 372 g/mol. The van der Waals surface area contributed by atoms with Crippen LogP contribution in [0.3, 0.4) is 0 Å². The van der Waals surface area contributed by atoms with Gasteiger partial charge in [-0.1, -0.05) is 29.8 Å². The number of piperazine rings is 1. The van der Waals surface area contributed by atoms with Crippen LogP contribution in [0.25, 0.3) is 0 Å². The highest BCUT2D eigenvalue weighted by Crippen LogP contribution is 2.38. The molecule has 2 aromatic rings. The van der Waals surface area contributed by atoms with E-state index in [0.717, 1.165) is 34.6 Å². The molecule has 138 valence electrons. The van der Waals surface area contributed by atoms with Crippen LogP contribution in [0.5, 0.6) is 0 Å². The van der Waals surface area contributed by atoms with Gasteiger partial charge in [0.05, 0.1) is 5.75 Å². The summed E-state index contributed by atoms with van der Waals surface area (Å²) in [4.78, 5) is 10.9. The Kier molecular flexibility index (Phi) is 4.23. The maximum atomic E-state index is 12.9. The molecule has 26 heavy (non-hydrogen) atoms. The molecule has 3 saturated heterocycles. The van der Waals surface area contributed by atoms with Crippen molar-refractivity contribution in [1.82, 2.24) is 14.3 Å². The molecular formula is C19H24N4O2S. The number of sulfonamides is 1. The molecule has 3 fully saturated rings. The van der Waals surface area contributed by atoms with Crippen LogP contribution in [-0.4, -0.2) is 47.9 Å². The van der Waals surface area contributed by atoms with E-state index in [-0.39, 0.29) is 17.8 Å². The van der Waals surface area contributed by atoms with Gasteiger partial charge in [-0.05, 0) is 32.8 Å². The van der Waals surface area contributed by atoms with E-state index in [0.29, 0.717) is 13.1 Å². The summed E-state index contributed by atoms with van der Waals surface area (Å²) in [7, 11) is -3.30. The maximum Gasteiger partial charge on any atom is 0.218 e. The topological polar surface area (TPSA) is 66.4 Å². The van der Waals surface area contributed by atoms with Gasteiger partial charge in [0, 0.05) is 36.4 Å². The molecule has 0 amide bonds. The maximum absolute atomic E-state index is 12.9. The van der Waals surface area contributed by atoms with Crippen LogP contribution in [0.15, 0.2) is 30.6 Å². The molecule has 0 radical (unpaired) electrons. The third-order valence-electron chi connectivity index (χ3n) is 5.53. The predicted molar refractivity (Wildman–Crippen MR) is 102 cm³/mol. The molecule has 7 heteroatoms. The Morgan fingerprint density at radius 3 is 2.35 bits per heavy atom. The minimum absolute atomic E-state index is 0.0406. The number of fused-ring (bicyclic) bond motifs is 2. The molecule has 2 unspecified atom stereocenters. The molecular weight excluding hydrogens is 348 g/mol. The summed E-state index contributed by atoms with van der Waals surface area (Å²) in [5.41, 5.74) is 4.03. The van der Waals surface area contributed by atoms with Gasteiger partial charge >= 0.3 is 0 Å². The van der Waals surface area contributed by atoms with E-state index in [1.54, 1.807) is 10.6 Å². The fraction of sp³-hybridized carbons (Fsp3) is 0.474. The zero-order valence-electron chi connectivity index (χ0n) is 15.4. The fourth-order valence-corrected chi connectivity index (χ4v) is 5.99. The first-order valence-corrected chi connectivity index (χ1v) is 10.6. The second-order valence-corrected chi connectivity index (χ2v) is 9.30. The van der Waals surface area contributed by atoms with Crippen molar-refractivity contribution < 1.29 is 8.42 Å². The van der Waals surface area contributed by atoms with E-state index < -0.39 is 10.0 Å². The summed E-state index contributed by atoms with van der Waals surface area (Å²) >= 11 is 0. The van der Waals surface area contributed by atoms with Crippen molar-refractivity contribution in [3.8, 4) is 0 Å². The van der Waals surface area contributed by atoms with Crippen molar-refractivity contribution in [2.45, 2.75) is 45.0 Å². The van der Waals surface area contributed by atoms with Crippen molar-refractivity contribution in [3.05, 3.63) is 53.0 Å². The highest BCUT2D eigenvalue weighted by molar-refractivity contribution is 7.88. The first-order valence-electron chi connectivity index (χ1n) is 8.95. The Balaban J connectivity index is 1.50. The third-order valence-corrected chi connectivity index (χ3v) is 7.46. The molecule has 1 aromatic heterocycles. The predicted octanol–water partition coefficient (Wildman–Crippen LogP) is 2.19. The average Bonchev–Trinajstić information content (AvgIpc) is 2.58. The number of benzene rings is 1. The number of rotatable bonds is 4. The molecule has 4 heterocycles. The van der Waals surface area contributed by atoms with Crippen LogP contribution >= 0.6 is 0 Å². The van der Waals surface area contributed by atoms with Gasteiger partial charge in [-0.3, -0.25) is 0 Å². The van der Waals surface area contributed by atoms with Gasteiger partial charge < -0.3 is 4.90 Å². The van der Waals surface area contributed by atoms with Crippen LogP contribution in [0.2, 0.25) is 0 Å². The molecule has 0 spiro atoms. The normalized spacial score (nSPS) is 23.0. The SMILES string of the molecule is Cc1ccc(CS(=O)(=O)N2C3CC2CN(c2ncnc(C)c2C)C3)cc1. The molecule has 2 atom stereocenters. The van der Waals surface area contributed by atoms with E-state index in [9.17, 15) is 8.42 Å². The van der Waals surface area contributed by atoms with Crippen LogP contribution in [0.4, 0.5) is 5.82 Å². The largest absolute Gasteiger partial charge is 0.353 e. The van der Waals surface area contributed by atoms with E-state index in [1.807, 2.05) is 45.0 Å². The summed E-state index contributed by atoms with van der Waals surface area (Å²) in [5.74, 6) is 1.01. The van der Waals surface area contributed by atoms with Crippen molar-refractivity contribution in [3.63, 3.8) is 0 Å². The van der Waals surface area contributed by atoms with Crippen molar-refractivity contribution in [2.24, 2.45) is 0 Å². The fourth-order valence-electron chi connectivity index (χ4n) is 4.02. The quantitative estimate of drug-likeness (QED) is 0.823. The Bertz CT molecular complexity index is 915. The lowest BCUT2D eigenvalue weighted by Gasteiger charge is -2.55. The Morgan fingerprint density at radius 1 is 1.04 bits per heavy atom. The standard InChI is InChI=1S/C19H24N4O2S/c1-13-4-6-16(7-5-13)11-26(24,25)23-17-8-18(23)10-22(9-17)19-14(2)15(3)20-12-21-19/h4-7,12,17-18H,8-11H2,1-3H3. The molecule has 0 saturated carbocycles. The van der Waals surface area contributed by atoms with E-state index in [1.165, 1.54) is 0 Å². The van der Waals surface area contributed by atoms with Gasteiger partial charge in [-0.25, -0.2) is 18.4 Å². The minimum atomic E-state index is -3.30. The molecule has 1 aromatic carbocycles. The molecule has 3 aliphatic rings. The number of aryl methyl sites for hydroxylation is 2. The summed E-state index contributed by atoms with van der Waals surface area (Å²) in [5, 5.41) is 0. The Labute approximate surface area is 154 Å². The van der Waals surface area contributed by atoms with Crippen molar-refractivity contribution in [2.75, 3.05) is 18.0 Å². The smallest absolute Gasteiger partial charge is 0.218 e. The summed E-state index contributed by atoms with van der Waals surface area (Å²) in [6, 6.07) is 7.81. The van der Waals surface area contributed by atoms with E-state index in [4.69, 9.17) is 0 Å².